The summed E-state index contributed by atoms with van der Waals surface area (Å²) in [4.78, 5) is 27.5. The molecule has 1 atom stereocenters. The zero-order valence-corrected chi connectivity index (χ0v) is 21.1. The Hall–Kier alpha value is -3.20. The van der Waals surface area contributed by atoms with Crippen molar-refractivity contribution in [2.45, 2.75) is 44.4 Å². The smallest absolute Gasteiger partial charge is 0.348 e. The fourth-order valence-electron chi connectivity index (χ4n) is 3.80. The van der Waals surface area contributed by atoms with Gasteiger partial charge in [-0.15, -0.1) is 0 Å². The Morgan fingerprint density at radius 3 is 2.37 bits per heavy atom. The summed E-state index contributed by atoms with van der Waals surface area (Å²) in [6.07, 6.45) is -1.06. The van der Waals surface area contributed by atoms with Gasteiger partial charge in [0.25, 0.3) is 5.91 Å². The molecule has 0 saturated heterocycles. The van der Waals surface area contributed by atoms with Crippen molar-refractivity contribution in [1.82, 2.24) is 9.88 Å². The fourth-order valence-corrected chi connectivity index (χ4v) is 4.54. The van der Waals surface area contributed by atoms with E-state index in [4.69, 9.17) is 0 Å². The van der Waals surface area contributed by atoms with Gasteiger partial charge in [-0.05, 0) is 62.4 Å². The Morgan fingerprint density at radius 1 is 1.14 bits per heavy atom. The molecule has 1 aromatic heterocycles. The van der Waals surface area contributed by atoms with Gasteiger partial charge in [0.1, 0.15) is 5.56 Å². The number of benzene rings is 2. The van der Waals surface area contributed by atoms with E-state index in [1.807, 2.05) is 44.4 Å². The second-order valence-corrected chi connectivity index (χ2v) is 10.2. The van der Waals surface area contributed by atoms with Gasteiger partial charge in [-0.2, -0.15) is 13.2 Å². The number of hydrogen-bond donors (Lipinski definition) is 1. The lowest BCUT2D eigenvalue weighted by Crippen LogP contribution is -2.31. The van der Waals surface area contributed by atoms with Crippen LogP contribution in [-0.2, 0) is 23.4 Å². The lowest BCUT2D eigenvalue weighted by atomic mass is 9.98. The molecule has 0 spiro atoms. The molecule has 0 aliphatic carbocycles. The highest BCUT2D eigenvalue weighted by Gasteiger charge is 2.31. The van der Waals surface area contributed by atoms with E-state index in [2.05, 4.69) is 9.68 Å². The molecule has 0 fully saturated rings. The second-order valence-electron chi connectivity index (χ2n) is 8.40. The first kappa shape index (κ1) is 26.4. The first-order valence-corrected chi connectivity index (χ1v) is 12.6. The van der Waals surface area contributed by atoms with Gasteiger partial charge in [-0.3, -0.25) is 14.0 Å². The van der Waals surface area contributed by atoms with Crippen LogP contribution < -0.4 is 10.7 Å². The first-order chi connectivity index (χ1) is 16.4. The Labute approximate surface area is 205 Å². The number of carbonyl (C=O) groups excluding carboxylic acids is 1. The number of halogens is 3. The topological polar surface area (TPSA) is 63.5 Å². The highest BCUT2D eigenvalue weighted by molar-refractivity contribution is 7.86. The summed E-state index contributed by atoms with van der Waals surface area (Å²) in [6, 6.07) is 12.2. The van der Waals surface area contributed by atoms with Crippen molar-refractivity contribution in [3.8, 4) is 11.1 Å². The number of aromatic nitrogens is 1. The monoisotopic (exact) mass is 503 g/mol. The average molecular weight is 504 g/mol. The van der Waals surface area contributed by atoms with Gasteiger partial charge in [-0.25, -0.2) is 0 Å². The minimum atomic E-state index is -4.55. The second kappa shape index (κ2) is 10.6. The fraction of sp³-hybridized carbons (Fsp3) is 0.308. The van der Waals surface area contributed by atoms with Gasteiger partial charge in [0.2, 0.25) is 5.43 Å². The Kier molecular flexibility index (Phi) is 8.00. The van der Waals surface area contributed by atoms with Gasteiger partial charge >= 0.3 is 6.18 Å². The van der Waals surface area contributed by atoms with Crippen molar-refractivity contribution >= 4 is 16.6 Å². The lowest BCUT2D eigenvalue weighted by molar-refractivity contribution is -0.137. The molecule has 0 radical (unpaired) electrons. The molecule has 9 heteroatoms. The third kappa shape index (κ3) is 5.90. The number of nitrogens with zero attached hydrogens (tertiary/aromatic N) is 2. The van der Waals surface area contributed by atoms with E-state index in [1.165, 1.54) is 18.3 Å². The molecule has 0 aliphatic rings. The van der Waals surface area contributed by atoms with E-state index in [9.17, 15) is 22.8 Å². The molecule has 0 aliphatic heterocycles. The van der Waals surface area contributed by atoms with Crippen molar-refractivity contribution < 1.29 is 18.0 Å². The molecule has 186 valence electrons. The molecule has 3 aromatic rings. The van der Waals surface area contributed by atoms with Gasteiger partial charge in [0, 0.05) is 42.0 Å². The van der Waals surface area contributed by atoms with Gasteiger partial charge in [0.05, 0.1) is 5.56 Å². The first-order valence-electron chi connectivity index (χ1n) is 11.0. The van der Waals surface area contributed by atoms with E-state index in [0.717, 1.165) is 22.6 Å². The van der Waals surface area contributed by atoms with Crippen LogP contribution in [0.25, 0.3) is 11.1 Å². The summed E-state index contributed by atoms with van der Waals surface area (Å²) in [5.74, 6) is -0.583. The van der Waals surface area contributed by atoms with Crippen LogP contribution in [0.3, 0.4) is 0 Å². The molecule has 5 nitrogen and oxygen atoms in total. The maximum Gasteiger partial charge on any atom is 0.416 e. The van der Waals surface area contributed by atoms with Crippen molar-refractivity contribution in [3.63, 3.8) is 0 Å². The Balaban J connectivity index is 1.99. The van der Waals surface area contributed by atoms with Crippen LogP contribution in [0.4, 0.5) is 13.2 Å². The van der Waals surface area contributed by atoms with Crippen LogP contribution >= 0.6 is 0 Å². The largest absolute Gasteiger partial charge is 0.416 e. The Morgan fingerprint density at radius 2 is 1.80 bits per heavy atom. The number of amides is 1. The zero-order valence-electron chi connectivity index (χ0n) is 20.2. The number of pyridine rings is 1. The van der Waals surface area contributed by atoms with Crippen LogP contribution in [0.2, 0.25) is 0 Å². The highest BCUT2D eigenvalue weighted by atomic mass is 32.2. The normalized spacial score (nSPS) is 12.7. The van der Waals surface area contributed by atoms with Crippen LogP contribution in [-0.4, -0.2) is 23.8 Å². The SMILES string of the molecule is CN=S(C)c1ccc(CNC(=O)c2cn(C(C)C)c(C)c(-c3cccc(C(F)(F)F)c3)c2=O)cc1. The molecular weight excluding hydrogens is 475 g/mol. The van der Waals surface area contributed by atoms with E-state index >= 15 is 0 Å². The van der Waals surface area contributed by atoms with Crippen LogP contribution in [0.15, 0.2) is 68.8 Å². The van der Waals surface area contributed by atoms with Crippen LogP contribution in [0, 0.1) is 6.92 Å². The molecule has 1 heterocycles. The third-order valence-corrected chi connectivity index (χ3v) is 7.26. The predicted molar refractivity (Wildman–Crippen MR) is 134 cm³/mol. The van der Waals surface area contributed by atoms with Crippen molar-refractivity contribution in [1.29, 1.82) is 0 Å². The zero-order chi connectivity index (χ0) is 25.9. The summed E-state index contributed by atoms with van der Waals surface area (Å²) in [7, 11) is 1.55. The standard InChI is InChI=1S/C26H28F3N3O2S/c1-16(2)32-15-22(25(34)31-14-18-9-11-21(12-10-18)35(5)30-4)24(33)23(17(32)3)19-7-6-8-20(13-19)26(27,28)29/h6-13,15-16H,14H2,1-5H3,(H,31,34). The molecule has 1 unspecified atom stereocenters. The number of rotatable bonds is 6. The quantitative estimate of drug-likeness (QED) is 0.464. The molecule has 1 amide bonds. The number of nitrogens with one attached hydrogen (secondary N) is 1. The van der Waals surface area contributed by atoms with Crippen LogP contribution in [0.5, 0.6) is 0 Å². The van der Waals surface area contributed by atoms with Crippen molar-refractivity contribution in [2.24, 2.45) is 4.36 Å². The predicted octanol–water partition coefficient (Wildman–Crippen LogP) is 5.77. The minimum absolute atomic E-state index is 0.0834. The molecule has 35 heavy (non-hydrogen) atoms. The highest BCUT2D eigenvalue weighted by Crippen LogP contribution is 2.32. The number of alkyl halides is 3. The Bertz CT molecular complexity index is 1330. The molecule has 1 N–H and O–H groups in total. The average Bonchev–Trinajstić information content (AvgIpc) is 2.82. The summed E-state index contributed by atoms with van der Waals surface area (Å²) in [6.45, 7) is 5.62. The molecule has 2 aromatic carbocycles. The maximum absolute atomic E-state index is 13.4. The van der Waals surface area contributed by atoms with E-state index in [0.29, 0.717) is 5.69 Å². The van der Waals surface area contributed by atoms with Crippen molar-refractivity contribution in [2.75, 3.05) is 13.3 Å². The van der Waals surface area contributed by atoms with E-state index in [-0.39, 0.29) is 40.0 Å². The van der Waals surface area contributed by atoms with E-state index in [1.54, 1.807) is 18.5 Å². The summed E-state index contributed by atoms with van der Waals surface area (Å²) < 4.78 is 45.9. The van der Waals surface area contributed by atoms with Crippen LogP contribution in [0.1, 0.15) is 47.1 Å². The lowest BCUT2D eigenvalue weighted by Gasteiger charge is -2.20. The summed E-state index contributed by atoms with van der Waals surface area (Å²) in [5.41, 5.74) is -0.0240. The molecule has 0 bridgehead atoms. The van der Waals surface area contributed by atoms with Gasteiger partial charge in [0.15, 0.2) is 0 Å². The van der Waals surface area contributed by atoms with E-state index < -0.39 is 23.1 Å². The number of hydrogen-bond acceptors (Lipinski definition) is 3. The maximum atomic E-state index is 13.4. The van der Waals surface area contributed by atoms with Gasteiger partial charge < -0.3 is 9.88 Å². The molecular formula is C26H28F3N3O2S. The number of carbonyl (C=O) groups is 1. The summed E-state index contributed by atoms with van der Waals surface area (Å²) in [5, 5.41) is 2.77. The van der Waals surface area contributed by atoms with Crippen molar-refractivity contribution in [3.05, 3.63) is 87.3 Å². The van der Waals surface area contributed by atoms with Gasteiger partial charge in [-0.1, -0.05) is 35.0 Å². The minimum Gasteiger partial charge on any atom is -0.348 e. The molecule has 3 rings (SSSR count). The molecule has 0 saturated carbocycles. The summed E-state index contributed by atoms with van der Waals surface area (Å²) >= 11 is 0. The third-order valence-electron chi connectivity index (χ3n) is 5.76.